The van der Waals surface area contributed by atoms with E-state index in [9.17, 15) is 8.42 Å². The Morgan fingerprint density at radius 3 is 2.76 bits per heavy atom. The highest BCUT2D eigenvalue weighted by Crippen LogP contribution is 2.19. The second-order valence-electron chi connectivity index (χ2n) is 5.17. The Morgan fingerprint density at radius 1 is 1.48 bits per heavy atom. The number of guanidine groups is 1. The normalized spacial score (nSPS) is 18.6. The van der Waals surface area contributed by atoms with Crippen LogP contribution in [-0.2, 0) is 10.0 Å². The third-order valence-corrected chi connectivity index (χ3v) is 4.79. The van der Waals surface area contributed by atoms with Crippen LogP contribution in [0.25, 0.3) is 0 Å². The highest BCUT2D eigenvalue weighted by atomic mass is 32.2. The Bertz CT molecular complexity index is 580. The van der Waals surface area contributed by atoms with Gasteiger partial charge < -0.3 is 11.1 Å². The molecule has 0 radical (unpaired) electrons. The summed E-state index contributed by atoms with van der Waals surface area (Å²) in [4.78, 5) is 8.41. The molecule has 1 aliphatic rings. The zero-order valence-electron chi connectivity index (χ0n) is 12.1. The lowest BCUT2D eigenvalue weighted by molar-refractivity contribution is 0.280. The minimum absolute atomic E-state index is 0.333. The van der Waals surface area contributed by atoms with E-state index in [4.69, 9.17) is 5.73 Å². The highest BCUT2D eigenvalue weighted by Gasteiger charge is 2.24. The molecular weight excluding hydrogens is 290 g/mol. The van der Waals surface area contributed by atoms with Crippen molar-refractivity contribution in [2.75, 3.05) is 31.2 Å². The average Bonchev–Trinajstić information content (AvgIpc) is 2.46. The predicted molar refractivity (Wildman–Crippen MR) is 83.5 cm³/mol. The minimum atomic E-state index is -3.07. The quantitative estimate of drug-likeness (QED) is 0.622. The number of pyridine rings is 1. The molecule has 0 atom stereocenters. The number of aromatic nitrogens is 1. The van der Waals surface area contributed by atoms with Gasteiger partial charge in [0.2, 0.25) is 10.0 Å². The molecule has 1 saturated heterocycles. The number of hydrogen-bond acceptors (Lipinski definition) is 4. The molecule has 2 heterocycles. The van der Waals surface area contributed by atoms with E-state index in [-0.39, 0.29) is 0 Å². The van der Waals surface area contributed by atoms with E-state index in [2.05, 4.69) is 15.3 Å². The molecule has 0 amide bonds. The van der Waals surface area contributed by atoms with Crippen LogP contribution in [-0.4, -0.2) is 49.6 Å². The Hall–Kier alpha value is -1.67. The first kappa shape index (κ1) is 15.7. The smallest absolute Gasteiger partial charge is 0.211 e. The molecule has 116 valence electrons. The Morgan fingerprint density at radius 2 is 2.19 bits per heavy atom. The molecule has 0 aromatic carbocycles. The number of anilines is 1. The van der Waals surface area contributed by atoms with Gasteiger partial charge in [-0.15, -0.1) is 0 Å². The van der Waals surface area contributed by atoms with Crippen molar-refractivity contribution >= 4 is 21.8 Å². The molecule has 0 aliphatic carbocycles. The third-order valence-electron chi connectivity index (χ3n) is 3.48. The molecule has 0 saturated carbocycles. The van der Waals surface area contributed by atoms with Crippen LogP contribution in [0.3, 0.4) is 0 Å². The predicted octanol–water partition coefficient (Wildman–Crippen LogP) is 0.480. The number of sulfonamides is 1. The van der Waals surface area contributed by atoms with Crippen molar-refractivity contribution in [2.24, 2.45) is 16.6 Å². The van der Waals surface area contributed by atoms with Crippen molar-refractivity contribution in [2.45, 2.75) is 12.8 Å². The molecule has 3 N–H and O–H groups in total. The van der Waals surface area contributed by atoms with Crippen LogP contribution in [0.5, 0.6) is 0 Å². The van der Waals surface area contributed by atoms with E-state index < -0.39 is 10.0 Å². The van der Waals surface area contributed by atoms with E-state index in [1.54, 1.807) is 6.20 Å². The minimum Gasteiger partial charge on any atom is -0.370 e. The van der Waals surface area contributed by atoms with Crippen molar-refractivity contribution in [1.29, 1.82) is 0 Å². The summed E-state index contributed by atoms with van der Waals surface area (Å²) in [6, 6.07) is 5.50. The Balaban J connectivity index is 1.80. The first-order valence-electron chi connectivity index (χ1n) is 6.88. The standard InChI is InChI=1S/C13H21N5O2S/c1-21(19,20)18-8-5-11(6-9-18)10-16-13(14)17-12-4-2-3-7-15-12/h2-4,7,11H,5-6,8-10H2,1H3,(H3,14,15,16,17). The monoisotopic (exact) mass is 311 g/mol. The summed E-state index contributed by atoms with van der Waals surface area (Å²) in [5.74, 6) is 1.36. The number of rotatable bonds is 4. The zero-order chi connectivity index (χ0) is 15.3. The molecule has 2 rings (SSSR count). The number of nitrogens with zero attached hydrogens (tertiary/aromatic N) is 3. The summed E-state index contributed by atoms with van der Waals surface area (Å²) >= 11 is 0. The zero-order valence-corrected chi connectivity index (χ0v) is 12.9. The molecule has 7 nitrogen and oxygen atoms in total. The van der Waals surface area contributed by atoms with Crippen molar-refractivity contribution in [3.8, 4) is 0 Å². The van der Waals surface area contributed by atoms with Gasteiger partial charge in [0.25, 0.3) is 0 Å². The van der Waals surface area contributed by atoms with Crippen LogP contribution in [0.2, 0.25) is 0 Å². The topological polar surface area (TPSA) is 101 Å². The number of nitrogens with one attached hydrogen (secondary N) is 1. The van der Waals surface area contributed by atoms with Gasteiger partial charge in [-0.1, -0.05) is 6.07 Å². The average molecular weight is 311 g/mol. The molecule has 21 heavy (non-hydrogen) atoms. The SMILES string of the molecule is CS(=O)(=O)N1CCC(CN=C(N)Nc2ccccn2)CC1. The molecule has 1 aromatic heterocycles. The summed E-state index contributed by atoms with van der Waals surface area (Å²) in [5.41, 5.74) is 5.81. The number of aliphatic imine (C=N–C) groups is 1. The van der Waals surface area contributed by atoms with Gasteiger partial charge in [-0.05, 0) is 30.9 Å². The van der Waals surface area contributed by atoms with Gasteiger partial charge in [-0.3, -0.25) is 4.99 Å². The van der Waals surface area contributed by atoms with Gasteiger partial charge in [0.15, 0.2) is 5.96 Å². The largest absolute Gasteiger partial charge is 0.370 e. The molecule has 0 unspecified atom stereocenters. The van der Waals surface area contributed by atoms with E-state index in [0.717, 1.165) is 12.8 Å². The fourth-order valence-electron chi connectivity index (χ4n) is 2.26. The fraction of sp³-hybridized carbons (Fsp3) is 0.538. The van der Waals surface area contributed by atoms with Crippen LogP contribution in [0.15, 0.2) is 29.4 Å². The molecule has 1 aromatic rings. The van der Waals surface area contributed by atoms with Crippen molar-refractivity contribution < 1.29 is 8.42 Å². The van der Waals surface area contributed by atoms with E-state index >= 15 is 0 Å². The number of nitrogens with two attached hydrogens (primary N) is 1. The summed E-state index contributed by atoms with van der Waals surface area (Å²) < 4.78 is 24.4. The van der Waals surface area contributed by atoms with Crippen LogP contribution < -0.4 is 11.1 Å². The molecule has 0 bridgehead atoms. The summed E-state index contributed by atoms with van der Waals surface area (Å²) in [5, 5.41) is 2.92. The maximum atomic E-state index is 11.4. The number of piperidine rings is 1. The molecule has 8 heteroatoms. The van der Waals surface area contributed by atoms with Crippen LogP contribution in [0, 0.1) is 5.92 Å². The summed E-state index contributed by atoms with van der Waals surface area (Å²) in [6.45, 7) is 1.72. The lowest BCUT2D eigenvalue weighted by atomic mass is 9.98. The second kappa shape index (κ2) is 6.86. The van der Waals surface area contributed by atoms with E-state index in [1.165, 1.54) is 10.6 Å². The second-order valence-corrected chi connectivity index (χ2v) is 7.15. The van der Waals surface area contributed by atoms with Gasteiger partial charge >= 0.3 is 0 Å². The van der Waals surface area contributed by atoms with Gasteiger partial charge in [0.05, 0.1) is 6.26 Å². The highest BCUT2D eigenvalue weighted by molar-refractivity contribution is 7.88. The van der Waals surface area contributed by atoms with Crippen LogP contribution >= 0.6 is 0 Å². The van der Waals surface area contributed by atoms with Crippen LogP contribution in [0.1, 0.15) is 12.8 Å². The van der Waals surface area contributed by atoms with Gasteiger partial charge in [-0.2, -0.15) is 0 Å². The maximum Gasteiger partial charge on any atom is 0.211 e. The lowest BCUT2D eigenvalue weighted by Gasteiger charge is -2.29. The third kappa shape index (κ3) is 4.98. The summed E-state index contributed by atoms with van der Waals surface area (Å²) in [7, 11) is -3.07. The van der Waals surface area contributed by atoms with E-state index in [1.807, 2.05) is 18.2 Å². The summed E-state index contributed by atoms with van der Waals surface area (Å²) in [6.07, 6.45) is 4.55. The first-order valence-corrected chi connectivity index (χ1v) is 8.73. The van der Waals surface area contributed by atoms with E-state index in [0.29, 0.717) is 37.3 Å². The fourth-order valence-corrected chi connectivity index (χ4v) is 3.13. The molecule has 0 spiro atoms. The van der Waals surface area contributed by atoms with Gasteiger partial charge in [0.1, 0.15) is 5.82 Å². The molecule has 1 fully saturated rings. The van der Waals surface area contributed by atoms with Gasteiger partial charge in [-0.25, -0.2) is 17.7 Å². The number of hydrogen-bond donors (Lipinski definition) is 2. The Labute approximate surface area is 125 Å². The van der Waals surface area contributed by atoms with Crippen molar-refractivity contribution in [1.82, 2.24) is 9.29 Å². The molecular formula is C13H21N5O2S. The first-order chi connectivity index (χ1) is 9.95. The van der Waals surface area contributed by atoms with Crippen LogP contribution in [0.4, 0.5) is 5.82 Å². The molecule has 1 aliphatic heterocycles. The lowest BCUT2D eigenvalue weighted by Crippen LogP contribution is -2.38. The Kier molecular flexibility index (Phi) is 5.13. The van der Waals surface area contributed by atoms with Crippen molar-refractivity contribution in [3.63, 3.8) is 0 Å². The van der Waals surface area contributed by atoms with Gasteiger partial charge in [0, 0.05) is 25.8 Å². The maximum absolute atomic E-state index is 11.4. The van der Waals surface area contributed by atoms with Crippen molar-refractivity contribution in [3.05, 3.63) is 24.4 Å².